The lowest BCUT2D eigenvalue weighted by Gasteiger charge is -2.12. The molecule has 3 aromatic rings. The molecule has 2 N–H and O–H groups in total. The Bertz CT molecular complexity index is 1300. The molecule has 0 spiro atoms. The molecular weight excluding hydrogens is 482 g/mol. The molecule has 0 fully saturated rings. The molecule has 0 aliphatic carbocycles. The van der Waals surface area contributed by atoms with Gasteiger partial charge in [-0.3, -0.25) is 19.3 Å². The summed E-state index contributed by atoms with van der Waals surface area (Å²) in [7, 11) is 4.09. The van der Waals surface area contributed by atoms with Crippen LogP contribution in [0.2, 0.25) is 0 Å². The Hall–Kier alpha value is -4.10. The number of anilines is 1. The Labute approximate surface area is 194 Å². The zero-order chi connectivity index (χ0) is 26.1. The minimum Gasteiger partial charge on any atom is -0.394 e. The van der Waals surface area contributed by atoms with E-state index < -0.39 is 46.6 Å². The topological polar surface area (TPSA) is 93.8 Å². The Morgan fingerprint density at radius 1 is 1.11 bits per heavy atom. The van der Waals surface area contributed by atoms with Crippen molar-refractivity contribution < 1.29 is 35.9 Å². The summed E-state index contributed by atoms with van der Waals surface area (Å²) >= 11 is 0. The molecule has 0 aromatic carbocycles. The Morgan fingerprint density at radius 3 is 2.37 bits per heavy atom. The number of hydrogen-bond acceptors (Lipinski definition) is 5. The highest BCUT2D eigenvalue weighted by Crippen LogP contribution is 2.41. The van der Waals surface area contributed by atoms with Crippen molar-refractivity contribution in [3.63, 3.8) is 0 Å². The average molecular weight is 500 g/mol. The molecule has 14 heteroatoms. The fraction of sp³-hybridized carbons (Fsp3) is 0.238. The van der Waals surface area contributed by atoms with Gasteiger partial charge in [-0.25, -0.2) is 0 Å². The Kier molecular flexibility index (Phi) is 6.76. The summed E-state index contributed by atoms with van der Waals surface area (Å²) in [6.07, 6.45) is -4.63. The van der Waals surface area contributed by atoms with Crippen LogP contribution in [0.4, 0.5) is 32.0 Å². The van der Waals surface area contributed by atoms with Crippen molar-refractivity contribution in [2.45, 2.75) is 12.4 Å². The summed E-state index contributed by atoms with van der Waals surface area (Å²) in [5, 5.41) is 8.60. The fourth-order valence-corrected chi connectivity index (χ4v) is 3.43. The van der Waals surface area contributed by atoms with Crippen LogP contribution in [0.15, 0.2) is 30.7 Å². The Morgan fingerprint density at radius 2 is 1.80 bits per heavy atom. The second-order valence-electron chi connectivity index (χ2n) is 7.27. The van der Waals surface area contributed by atoms with Crippen LogP contribution in [-0.2, 0) is 26.4 Å². The van der Waals surface area contributed by atoms with E-state index in [1.807, 2.05) is 5.32 Å². The zero-order valence-electron chi connectivity index (χ0n) is 18.4. The van der Waals surface area contributed by atoms with E-state index in [2.05, 4.69) is 15.4 Å². The number of aryl methyl sites for hydroxylation is 2. The van der Waals surface area contributed by atoms with Gasteiger partial charge in [0.1, 0.15) is 22.6 Å². The van der Waals surface area contributed by atoms with Crippen molar-refractivity contribution >= 4 is 24.0 Å². The lowest BCUT2D eigenvalue weighted by Crippen LogP contribution is -2.21. The molecule has 0 saturated heterocycles. The maximum absolute atomic E-state index is 14.2. The van der Waals surface area contributed by atoms with Crippen LogP contribution in [0.3, 0.4) is 0 Å². The van der Waals surface area contributed by atoms with Gasteiger partial charge in [0.15, 0.2) is 6.29 Å². The highest BCUT2D eigenvalue weighted by atomic mass is 19.4. The first-order valence-corrected chi connectivity index (χ1v) is 9.77. The molecule has 1 amide bonds. The van der Waals surface area contributed by atoms with Gasteiger partial charge in [0.25, 0.3) is 5.91 Å². The SMILES string of the molecule is CN/C=C\c1c(-c2nn(C)c(C(=O)Nc3ccnc(C(F)(F)F)c3)c2C(F)(F)F)cn(C)c1C=O. The molecule has 0 radical (unpaired) electrons. The summed E-state index contributed by atoms with van der Waals surface area (Å²) < 4.78 is 83.3. The van der Waals surface area contributed by atoms with Crippen LogP contribution in [0, 0.1) is 0 Å². The Balaban J connectivity index is 2.17. The second-order valence-corrected chi connectivity index (χ2v) is 7.27. The monoisotopic (exact) mass is 500 g/mol. The van der Waals surface area contributed by atoms with Gasteiger partial charge in [-0.2, -0.15) is 31.4 Å². The molecular formula is C21H18F6N6O2. The van der Waals surface area contributed by atoms with Crippen LogP contribution >= 0.6 is 0 Å². The number of carbonyl (C=O) groups excluding carboxylic acids is 2. The molecule has 8 nitrogen and oxygen atoms in total. The molecule has 0 saturated carbocycles. The van der Waals surface area contributed by atoms with Crippen molar-refractivity contribution in [2.75, 3.05) is 12.4 Å². The summed E-state index contributed by atoms with van der Waals surface area (Å²) in [4.78, 5) is 27.5. The van der Waals surface area contributed by atoms with Gasteiger partial charge in [0.05, 0.1) is 5.69 Å². The number of rotatable bonds is 6. The summed E-state index contributed by atoms with van der Waals surface area (Å²) in [6, 6.07) is 1.50. The third kappa shape index (κ3) is 5.05. The van der Waals surface area contributed by atoms with E-state index >= 15 is 0 Å². The van der Waals surface area contributed by atoms with Crippen molar-refractivity contribution in [3.05, 3.63) is 58.9 Å². The lowest BCUT2D eigenvalue weighted by atomic mass is 10.0. The van der Waals surface area contributed by atoms with Gasteiger partial charge in [-0.1, -0.05) is 0 Å². The summed E-state index contributed by atoms with van der Waals surface area (Å²) in [6.45, 7) is 0. The number of aromatic nitrogens is 4. The fourth-order valence-electron chi connectivity index (χ4n) is 3.43. The first-order chi connectivity index (χ1) is 16.3. The van der Waals surface area contributed by atoms with Gasteiger partial charge in [0, 0.05) is 50.4 Å². The zero-order valence-corrected chi connectivity index (χ0v) is 18.4. The summed E-state index contributed by atoms with van der Waals surface area (Å²) in [5.74, 6) is -1.34. The van der Waals surface area contributed by atoms with Crippen molar-refractivity contribution in [1.29, 1.82) is 0 Å². The molecule has 0 aliphatic heterocycles. The molecule has 3 heterocycles. The predicted molar refractivity (Wildman–Crippen MR) is 113 cm³/mol. The third-order valence-electron chi connectivity index (χ3n) is 4.91. The van der Waals surface area contributed by atoms with E-state index in [0.717, 1.165) is 19.3 Å². The minimum atomic E-state index is -5.08. The normalized spacial score (nSPS) is 12.3. The van der Waals surface area contributed by atoms with E-state index in [-0.39, 0.29) is 16.8 Å². The molecule has 0 unspecified atom stereocenters. The van der Waals surface area contributed by atoms with Crippen molar-refractivity contribution in [1.82, 2.24) is 24.6 Å². The van der Waals surface area contributed by atoms with Gasteiger partial charge in [-0.15, -0.1) is 0 Å². The number of amides is 1. The van der Waals surface area contributed by atoms with E-state index in [0.29, 0.717) is 17.0 Å². The van der Waals surface area contributed by atoms with Gasteiger partial charge in [0.2, 0.25) is 0 Å². The second kappa shape index (κ2) is 9.27. The average Bonchev–Trinajstić information content (AvgIpc) is 3.27. The third-order valence-corrected chi connectivity index (χ3v) is 4.91. The van der Waals surface area contributed by atoms with Crippen molar-refractivity contribution in [3.8, 4) is 11.3 Å². The summed E-state index contributed by atoms with van der Waals surface area (Å²) in [5.41, 5.74) is -4.61. The van der Waals surface area contributed by atoms with E-state index in [9.17, 15) is 35.9 Å². The van der Waals surface area contributed by atoms with Crippen LogP contribution < -0.4 is 10.6 Å². The molecule has 0 aliphatic rings. The van der Waals surface area contributed by atoms with Gasteiger partial charge < -0.3 is 15.2 Å². The first kappa shape index (κ1) is 25.5. The largest absolute Gasteiger partial charge is 0.433 e. The molecule has 186 valence electrons. The van der Waals surface area contributed by atoms with E-state index in [4.69, 9.17) is 0 Å². The number of halogens is 6. The quantitative estimate of drug-likeness (QED) is 0.393. The number of aldehydes is 1. The highest BCUT2D eigenvalue weighted by molar-refractivity contribution is 6.05. The standard InChI is InChI=1S/C21H18F6N6O2/c1-28-6-5-12-13(9-32(2)14(12)10-34)17-16(21(25,26)27)18(33(3)31-17)19(35)30-11-4-7-29-15(8-11)20(22,23)24/h4-10,28H,1-3H3,(H,29,30,35)/b6-5-. The lowest BCUT2D eigenvalue weighted by molar-refractivity contribution is -0.141. The molecule has 35 heavy (non-hydrogen) atoms. The molecule has 0 atom stereocenters. The molecule has 3 rings (SSSR count). The van der Waals surface area contributed by atoms with Gasteiger partial charge >= 0.3 is 12.4 Å². The molecule has 3 aromatic heterocycles. The van der Waals surface area contributed by atoms with Crippen LogP contribution in [0.1, 0.15) is 37.8 Å². The van der Waals surface area contributed by atoms with Crippen LogP contribution in [0.5, 0.6) is 0 Å². The van der Waals surface area contributed by atoms with Gasteiger partial charge in [-0.05, 0) is 24.4 Å². The minimum absolute atomic E-state index is 0.0627. The molecule has 0 bridgehead atoms. The maximum Gasteiger partial charge on any atom is 0.433 e. The number of pyridine rings is 1. The maximum atomic E-state index is 14.2. The van der Waals surface area contributed by atoms with Crippen LogP contribution in [0.25, 0.3) is 17.3 Å². The number of nitrogens with zero attached hydrogens (tertiary/aromatic N) is 4. The highest BCUT2D eigenvalue weighted by Gasteiger charge is 2.43. The van der Waals surface area contributed by atoms with Crippen LogP contribution in [-0.4, -0.2) is 38.6 Å². The van der Waals surface area contributed by atoms with E-state index in [1.54, 1.807) is 7.05 Å². The predicted octanol–water partition coefficient (Wildman–Crippen LogP) is 4.11. The number of carbonyl (C=O) groups is 2. The first-order valence-electron chi connectivity index (χ1n) is 9.77. The number of hydrogen-bond donors (Lipinski definition) is 2. The number of nitrogens with one attached hydrogen (secondary N) is 2. The number of alkyl halides is 6. The van der Waals surface area contributed by atoms with Crippen molar-refractivity contribution in [2.24, 2.45) is 14.1 Å². The smallest absolute Gasteiger partial charge is 0.394 e. The van der Waals surface area contributed by atoms with E-state index in [1.165, 1.54) is 30.1 Å².